The number of hydrogen-bond acceptors (Lipinski definition) is 4. The van der Waals surface area contributed by atoms with Crippen LogP contribution in [0.15, 0.2) is 18.3 Å². The predicted octanol–water partition coefficient (Wildman–Crippen LogP) is 0.268. The number of aliphatic hydroxyl groups excluding tert-OH is 2. The van der Waals surface area contributed by atoms with Crippen molar-refractivity contribution in [3.8, 4) is 11.8 Å². The first kappa shape index (κ1) is 14.5. The molecule has 2 atom stereocenters. The highest BCUT2D eigenvalue weighted by Crippen LogP contribution is 2.18. The molecule has 1 aliphatic rings. The molecule has 5 heteroatoms. The Morgan fingerprint density at radius 2 is 2.35 bits per heavy atom. The monoisotopic (exact) mass is 274 g/mol. The van der Waals surface area contributed by atoms with Crippen molar-refractivity contribution in [2.45, 2.75) is 19.4 Å². The molecule has 2 rings (SSSR count). The van der Waals surface area contributed by atoms with E-state index in [1.54, 1.807) is 17.0 Å². The Morgan fingerprint density at radius 1 is 1.55 bits per heavy atom. The fourth-order valence-corrected chi connectivity index (χ4v) is 2.13. The summed E-state index contributed by atoms with van der Waals surface area (Å²) in [6, 6.07) is 3.32. The molecule has 1 fully saturated rings. The number of carbonyl (C=O) groups is 1. The molecule has 5 nitrogen and oxygen atoms in total. The number of aromatic nitrogens is 1. The molecule has 2 N–H and O–H groups in total. The minimum Gasteiger partial charge on any atom is -0.391 e. The Morgan fingerprint density at radius 3 is 2.95 bits per heavy atom. The number of rotatable bonds is 1. The van der Waals surface area contributed by atoms with Crippen LogP contribution in [0.1, 0.15) is 29.4 Å². The van der Waals surface area contributed by atoms with Crippen molar-refractivity contribution < 1.29 is 15.0 Å². The summed E-state index contributed by atoms with van der Waals surface area (Å²) in [5, 5.41) is 18.4. The van der Waals surface area contributed by atoms with Gasteiger partial charge in [-0.15, -0.1) is 0 Å². The van der Waals surface area contributed by atoms with Gasteiger partial charge in [0, 0.05) is 24.8 Å². The summed E-state index contributed by atoms with van der Waals surface area (Å²) < 4.78 is 0. The molecule has 0 spiro atoms. The Kier molecular flexibility index (Phi) is 4.72. The van der Waals surface area contributed by atoms with Gasteiger partial charge in [0.25, 0.3) is 5.91 Å². The van der Waals surface area contributed by atoms with Gasteiger partial charge in [-0.1, -0.05) is 18.8 Å². The molecule has 2 heterocycles. The van der Waals surface area contributed by atoms with Gasteiger partial charge in [0.1, 0.15) is 12.3 Å². The zero-order valence-electron chi connectivity index (χ0n) is 11.4. The van der Waals surface area contributed by atoms with E-state index in [2.05, 4.69) is 16.8 Å². The van der Waals surface area contributed by atoms with Crippen LogP contribution in [0.25, 0.3) is 0 Å². The fourth-order valence-electron chi connectivity index (χ4n) is 2.13. The van der Waals surface area contributed by atoms with Gasteiger partial charge in [0.05, 0.1) is 6.10 Å². The number of nitrogens with zero attached hydrogens (tertiary/aromatic N) is 2. The van der Waals surface area contributed by atoms with Crippen LogP contribution in [0.5, 0.6) is 0 Å². The number of hydrogen-bond donors (Lipinski definition) is 2. The van der Waals surface area contributed by atoms with E-state index in [9.17, 15) is 9.90 Å². The topological polar surface area (TPSA) is 73.7 Å². The molecular weight excluding hydrogens is 256 g/mol. The minimum absolute atomic E-state index is 0.169. The van der Waals surface area contributed by atoms with Crippen molar-refractivity contribution in [2.24, 2.45) is 5.92 Å². The average molecular weight is 274 g/mol. The van der Waals surface area contributed by atoms with Gasteiger partial charge in [0.15, 0.2) is 0 Å². The summed E-state index contributed by atoms with van der Waals surface area (Å²) in [6.07, 6.45) is 1.84. The largest absolute Gasteiger partial charge is 0.391 e. The Labute approximate surface area is 118 Å². The number of piperidine rings is 1. The molecule has 0 radical (unpaired) electrons. The number of carbonyl (C=O) groups excluding carboxylic acids is 1. The maximum atomic E-state index is 12.3. The lowest BCUT2D eigenvalue weighted by molar-refractivity contribution is 0.0245. The van der Waals surface area contributed by atoms with E-state index in [1.807, 2.05) is 6.92 Å². The van der Waals surface area contributed by atoms with Crippen LogP contribution in [0.4, 0.5) is 0 Å². The quantitative estimate of drug-likeness (QED) is 0.721. The lowest BCUT2D eigenvalue weighted by atomic mass is 9.96. The summed E-state index contributed by atoms with van der Waals surface area (Å²) in [4.78, 5) is 18.0. The van der Waals surface area contributed by atoms with Crippen LogP contribution in [-0.2, 0) is 0 Å². The van der Waals surface area contributed by atoms with E-state index in [4.69, 9.17) is 5.11 Å². The summed E-state index contributed by atoms with van der Waals surface area (Å²) in [6.45, 7) is 2.78. The van der Waals surface area contributed by atoms with Crippen molar-refractivity contribution in [1.29, 1.82) is 0 Å². The molecule has 1 aromatic heterocycles. The molecule has 106 valence electrons. The van der Waals surface area contributed by atoms with Gasteiger partial charge >= 0.3 is 0 Å². The zero-order chi connectivity index (χ0) is 14.5. The van der Waals surface area contributed by atoms with Crippen LogP contribution < -0.4 is 0 Å². The zero-order valence-corrected chi connectivity index (χ0v) is 11.4. The summed E-state index contributed by atoms with van der Waals surface area (Å²) in [7, 11) is 0. The van der Waals surface area contributed by atoms with Gasteiger partial charge in [-0.05, 0) is 24.5 Å². The lowest BCUT2D eigenvalue weighted by Gasteiger charge is -2.34. The first-order valence-electron chi connectivity index (χ1n) is 6.65. The summed E-state index contributed by atoms with van der Waals surface area (Å²) >= 11 is 0. The first-order chi connectivity index (χ1) is 9.61. The first-order valence-corrected chi connectivity index (χ1v) is 6.65. The van der Waals surface area contributed by atoms with E-state index < -0.39 is 6.10 Å². The van der Waals surface area contributed by atoms with Crippen LogP contribution in [0.2, 0.25) is 0 Å². The summed E-state index contributed by atoms with van der Waals surface area (Å²) in [5.74, 6) is 5.31. The highest BCUT2D eigenvalue weighted by molar-refractivity contribution is 5.92. The van der Waals surface area contributed by atoms with Gasteiger partial charge in [-0.25, -0.2) is 4.98 Å². The maximum Gasteiger partial charge on any atom is 0.272 e. The minimum atomic E-state index is -0.470. The van der Waals surface area contributed by atoms with Gasteiger partial charge < -0.3 is 15.1 Å². The van der Waals surface area contributed by atoms with Gasteiger partial charge in [-0.3, -0.25) is 4.79 Å². The summed E-state index contributed by atoms with van der Waals surface area (Å²) in [5.41, 5.74) is 1.00. The molecule has 0 saturated carbocycles. The maximum absolute atomic E-state index is 12.3. The van der Waals surface area contributed by atoms with Gasteiger partial charge in [-0.2, -0.15) is 0 Å². The van der Waals surface area contributed by atoms with E-state index in [-0.39, 0.29) is 18.4 Å². The molecule has 1 saturated heterocycles. The van der Waals surface area contributed by atoms with Crippen LogP contribution in [-0.4, -0.2) is 51.8 Å². The van der Waals surface area contributed by atoms with Crippen LogP contribution >= 0.6 is 0 Å². The molecule has 20 heavy (non-hydrogen) atoms. The van der Waals surface area contributed by atoms with E-state index in [0.717, 1.165) is 6.42 Å². The Hall–Kier alpha value is -1.90. The fraction of sp³-hybridized carbons (Fsp3) is 0.467. The SMILES string of the molecule is CC1CCN(C(=O)c2ccc(C#CCO)cn2)CC1O. The second-order valence-corrected chi connectivity index (χ2v) is 4.98. The Balaban J connectivity index is 2.06. The highest BCUT2D eigenvalue weighted by Gasteiger charge is 2.28. The van der Waals surface area contributed by atoms with Crippen molar-refractivity contribution in [3.63, 3.8) is 0 Å². The molecule has 1 aliphatic heterocycles. The third-order valence-electron chi connectivity index (χ3n) is 3.50. The van der Waals surface area contributed by atoms with Crippen molar-refractivity contribution >= 4 is 5.91 Å². The second-order valence-electron chi connectivity index (χ2n) is 4.98. The Bertz CT molecular complexity index is 530. The smallest absolute Gasteiger partial charge is 0.272 e. The molecule has 2 unspecified atom stereocenters. The van der Waals surface area contributed by atoms with E-state index >= 15 is 0 Å². The van der Waals surface area contributed by atoms with Crippen molar-refractivity contribution in [1.82, 2.24) is 9.88 Å². The van der Waals surface area contributed by atoms with Crippen LogP contribution in [0.3, 0.4) is 0 Å². The molecule has 1 amide bonds. The van der Waals surface area contributed by atoms with Crippen LogP contribution in [0, 0.1) is 17.8 Å². The van der Waals surface area contributed by atoms with Crippen molar-refractivity contribution in [2.75, 3.05) is 19.7 Å². The van der Waals surface area contributed by atoms with E-state index in [1.165, 1.54) is 6.20 Å². The standard InChI is InChI=1S/C15H18N2O3/c1-11-6-7-17(10-14(11)19)15(20)13-5-4-12(9-16-13)3-2-8-18/h4-5,9,11,14,18-19H,6-8,10H2,1H3. The van der Waals surface area contributed by atoms with Gasteiger partial charge in [0.2, 0.25) is 0 Å². The molecule has 0 aliphatic carbocycles. The third kappa shape index (κ3) is 3.35. The normalized spacial score (nSPS) is 22.1. The number of amides is 1. The van der Waals surface area contributed by atoms with Crippen molar-refractivity contribution in [3.05, 3.63) is 29.6 Å². The second kappa shape index (κ2) is 6.51. The predicted molar refractivity (Wildman–Crippen MR) is 73.9 cm³/mol. The average Bonchev–Trinajstić information content (AvgIpc) is 2.48. The number of likely N-dealkylation sites (tertiary alicyclic amines) is 1. The number of aliphatic hydroxyl groups is 2. The lowest BCUT2D eigenvalue weighted by Crippen LogP contribution is -2.46. The molecule has 1 aromatic rings. The highest BCUT2D eigenvalue weighted by atomic mass is 16.3. The third-order valence-corrected chi connectivity index (χ3v) is 3.50. The molecule has 0 bridgehead atoms. The number of β-amino-alcohol motifs (C(OH)–C–C–N with tert-alkyl or cyclic N) is 1. The molecule has 0 aromatic carbocycles. The molecular formula is C15H18N2O3. The van der Waals surface area contributed by atoms with E-state index in [0.29, 0.717) is 24.3 Å². The number of pyridine rings is 1.